The van der Waals surface area contributed by atoms with Gasteiger partial charge in [0.15, 0.2) is 6.29 Å². The average Bonchev–Trinajstić information content (AvgIpc) is 2.98. The Morgan fingerprint density at radius 1 is 1.02 bits per heavy atom. The van der Waals surface area contributed by atoms with Crippen molar-refractivity contribution in [2.45, 2.75) is 83.4 Å². The number of benzene rings is 2. The van der Waals surface area contributed by atoms with Gasteiger partial charge in [0.05, 0.1) is 17.6 Å². The monoisotopic (exact) mass is 600 g/mol. The fourth-order valence-electron chi connectivity index (χ4n) is 5.43. The van der Waals surface area contributed by atoms with E-state index in [0.29, 0.717) is 61.9 Å². The van der Waals surface area contributed by atoms with Crippen molar-refractivity contribution in [2.24, 2.45) is 0 Å². The highest BCUT2D eigenvalue weighted by atomic mass is 16.6. The van der Waals surface area contributed by atoms with E-state index in [2.05, 4.69) is 15.6 Å². The molecule has 1 aromatic heterocycles. The molecule has 3 N–H and O–H groups in total. The lowest BCUT2D eigenvalue weighted by Gasteiger charge is -2.36. The van der Waals surface area contributed by atoms with Crippen LogP contribution in [0.2, 0.25) is 0 Å². The number of carboxylic acid groups (broad SMARTS) is 1. The quantitative estimate of drug-likeness (QED) is 0.217. The minimum absolute atomic E-state index is 0.0819. The number of carbonyl (C=O) groups is 4. The molecule has 1 aliphatic carbocycles. The number of pyridine rings is 1. The lowest BCUT2D eigenvalue weighted by atomic mass is 9.89. The Labute approximate surface area is 257 Å². The molecule has 1 fully saturated rings. The zero-order chi connectivity index (χ0) is 31.7. The highest BCUT2D eigenvalue weighted by Crippen LogP contribution is 2.36. The molecule has 1 aliphatic rings. The van der Waals surface area contributed by atoms with Gasteiger partial charge in [-0.3, -0.25) is 19.5 Å². The average molecular weight is 601 g/mol. The number of rotatable bonds is 10. The largest absolute Gasteiger partial charge is 0.465 e. The Hall–Kier alpha value is -4.73. The molecule has 0 atom stereocenters. The number of hydrogen-bond acceptors (Lipinski definition) is 6. The van der Waals surface area contributed by atoms with Crippen LogP contribution in [0.5, 0.6) is 0 Å². The number of nitrogens with zero attached hydrogens (tertiary/aromatic N) is 2. The van der Waals surface area contributed by atoms with E-state index in [1.165, 1.54) is 17.2 Å². The first-order chi connectivity index (χ1) is 21.0. The molecule has 0 bridgehead atoms. The number of nitrogens with one attached hydrogen (secondary N) is 2. The molecule has 0 aliphatic heterocycles. The molecule has 44 heavy (non-hydrogen) atoms. The Morgan fingerprint density at radius 3 is 2.36 bits per heavy atom. The van der Waals surface area contributed by atoms with Crippen LogP contribution in [0.1, 0.15) is 75.3 Å². The molecule has 0 radical (unpaired) electrons. The molecule has 10 nitrogen and oxygen atoms in total. The van der Waals surface area contributed by atoms with E-state index < -0.39 is 17.8 Å². The van der Waals surface area contributed by atoms with Crippen LogP contribution in [0.25, 0.3) is 11.1 Å². The molecule has 2 aromatic carbocycles. The van der Waals surface area contributed by atoms with Gasteiger partial charge >= 0.3 is 12.2 Å². The van der Waals surface area contributed by atoms with E-state index in [9.17, 15) is 24.3 Å². The summed E-state index contributed by atoms with van der Waals surface area (Å²) in [4.78, 5) is 53.8. The van der Waals surface area contributed by atoms with Gasteiger partial charge in [-0.2, -0.15) is 0 Å². The smallest absolute Gasteiger partial charge is 0.412 e. The van der Waals surface area contributed by atoms with Crippen LogP contribution < -0.4 is 15.5 Å². The van der Waals surface area contributed by atoms with Crippen molar-refractivity contribution in [2.75, 3.05) is 10.2 Å². The summed E-state index contributed by atoms with van der Waals surface area (Å²) in [6.07, 6.45) is 4.45. The summed E-state index contributed by atoms with van der Waals surface area (Å²) in [6, 6.07) is 18.4. The summed E-state index contributed by atoms with van der Waals surface area (Å²) in [6.45, 7) is 5.45. The van der Waals surface area contributed by atoms with Gasteiger partial charge in [-0.15, -0.1) is 0 Å². The summed E-state index contributed by atoms with van der Waals surface area (Å²) >= 11 is 0. The number of aldehydes is 1. The van der Waals surface area contributed by atoms with Crippen molar-refractivity contribution in [1.29, 1.82) is 0 Å². The van der Waals surface area contributed by atoms with Crippen molar-refractivity contribution in [1.82, 2.24) is 10.3 Å². The van der Waals surface area contributed by atoms with Crippen LogP contribution >= 0.6 is 0 Å². The topological polar surface area (TPSA) is 138 Å². The molecule has 0 spiro atoms. The molecule has 0 unspecified atom stereocenters. The van der Waals surface area contributed by atoms with E-state index in [-0.39, 0.29) is 24.4 Å². The number of anilines is 2. The van der Waals surface area contributed by atoms with Gasteiger partial charge in [0.2, 0.25) is 5.91 Å². The maximum Gasteiger partial charge on any atom is 0.412 e. The van der Waals surface area contributed by atoms with Crippen molar-refractivity contribution in [3.8, 4) is 11.1 Å². The third kappa shape index (κ3) is 9.13. The molecule has 10 heteroatoms. The number of carbonyl (C=O) groups excluding carboxylic acids is 3. The Balaban J connectivity index is 1.46. The number of aryl methyl sites for hydroxylation is 1. The minimum Gasteiger partial charge on any atom is -0.465 e. The van der Waals surface area contributed by atoms with Crippen LogP contribution in [0.4, 0.5) is 21.0 Å². The van der Waals surface area contributed by atoms with E-state index in [0.717, 1.165) is 16.7 Å². The highest BCUT2D eigenvalue weighted by Gasteiger charge is 2.32. The van der Waals surface area contributed by atoms with E-state index in [1.54, 1.807) is 6.07 Å². The SMILES string of the molecule is CC(C)(C)OC(=O)N[C@H]1CC[C@H](N(C(=O)O)c2cc(CCCC(=O)Nc3ccc(C=O)nc3)ccc2-c2ccccc2)CC1. The first-order valence-corrected chi connectivity index (χ1v) is 14.9. The molecule has 3 aromatic rings. The van der Waals surface area contributed by atoms with E-state index in [4.69, 9.17) is 4.74 Å². The second-order valence-corrected chi connectivity index (χ2v) is 12.0. The van der Waals surface area contributed by atoms with Crippen LogP contribution in [0, 0.1) is 0 Å². The molecular formula is C34H40N4O6. The van der Waals surface area contributed by atoms with E-state index >= 15 is 0 Å². The zero-order valence-corrected chi connectivity index (χ0v) is 25.4. The highest BCUT2D eigenvalue weighted by molar-refractivity contribution is 5.94. The number of ether oxygens (including phenoxy) is 1. The molecule has 0 saturated heterocycles. The number of amides is 3. The lowest BCUT2D eigenvalue weighted by molar-refractivity contribution is -0.116. The minimum atomic E-state index is -1.03. The van der Waals surface area contributed by atoms with Crippen LogP contribution in [0.3, 0.4) is 0 Å². The van der Waals surface area contributed by atoms with Crippen LogP contribution in [-0.2, 0) is 16.0 Å². The third-order valence-electron chi connectivity index (χ3n) is 7.46. The van der Waals surface area contributed by atoms with Crippen molar-refractivity contribution in [3.05, 3.63) is 78.1 Å². The van der Waals surface area contributed by atoms with Gasteiger partial charge in [-0.05, 0) is 88.6 Å². The first kappa shape index (κ1) is 32.2. The summed E-state index contributed by atoms with van der Waals surface area (Å²) in [5, 5.41) is 16.2. The molecule has 1 heterocycles. The maximum atomic E-state index is 12.8. The first-order valence-electron chi connectivity index (χ1n) is 14.9. The summed E-state index contributed by atoms with van der Waals surface area (Å²) in [5.41, 5.74) is 3.48. The number of alkyl carbamates (subject to hydrolysis) is 1. The standard InChI is InChI=1S/C34H40N4O6/c1-34(2,3)44-32(41)37-25-15-17-28(18-16-25)38(33(42)43)30-20-23(12-19-29(30)24-9-5-4-6-10-24)8-7-11-31(40)36-26-13-14-27(22-39)35-21-26/h4-6,9-10,12-14,19-22,25,28H,7-8,11,15-18H2,1-3H3,(H,36,40)(H,37,41)(H,42,43)/t25-,28-. The zero-order valence-electron chi connectivity index (χ0n) is 25.4. The third-order valence-corrected chi connectivity index (χ3v) is 7.46. The molecule has 3 amide bonds. The Bertz CT molecular complexity index is 1440. The fraction of sp³-hybridized carbons (Fsp3) is 0.382. The van der Waals surface area contributed by atoms with Crippen molar-refractivity contribution >= 4 is 35.8 Å². The van der Waals surface area contributed by atoms with Gasteiger partial charge in [0.25, 0.3) is 0 Å². The van der Waals surface area contributed by atoms with Gasteiger partial charge in [-0.1, -0.05) is 42.5 Å². The molecule has 232 valence electrons. The predicted octanol–water partition coefficient (Wildman–Crippen LogP) is 6.84. The normalized spacial score (nSPS) is 16.4. The summed E-state index contributed by atoms with van der Waals surface area (Å²) in [5.74, 6) is -0.171. The predicted molar refractivity (Wildman–Crippen MR) is 169 cm³/mol. The van der Waals surface area contributed by atoms with E-state index in [1.807, 2.05) is 69.3 Å². The van der Waals surface area contributed by atoms with Gasteiger partial charge in [0, 0.05) is 24.1 Å². The number of aromatic nitrogens is 1. The Kier molecular flexibility index (Phi) is 10.7. The fourth-order valence-corrected chi connectivity index (χ4v) is 5.43. The number of hydrogen-bond donors (Lipinski definition) is 3. The second-order valence-electron chi connectivity index (χ2n) is 12.0. The second kappa shape index (κ2) is 14.6. The van der Waals surface area contributed by atoms with Gasteiger partial charge in [0.1, 0.15) is 11.3 Å². The molecule has 1 saturated carbocycles. The van der Waals surface area contributed by atoms with Crippen molar-refractivity contribution < 1.29 is 29.0 Å². The van der Waals surface area contributed by atoms with Crippen molar-refractivity contribution in [3.63, 3.8) is 0 Å². The molecule has 4 rings (SSSR count). The van der Waals surface area contributed by atoms with Crippen LogP contribution in [-0.4, -0.2) is 52.2 Å². The lowest BCUT2D eigenvalue weighted by Crippen LogP contribution is -2.47. The van der Waals surface area contributed by atoms with Crippen LogP contribution in [0.15, 0.2) is 66.9 Å². The summed E-state index contributed by atoms with van der Waals surface area (Å²) in [7, 11) is 0. The Morgan fingerprint density at radius 2 is 1.75 bits per heavy atom. The van der Waals surface area contributed by atoms with Gasteiger partial charge < -0.3 is 20.5 Å². The summed E-state index contributed by atoms with van der Waals surface area (Å²) < 4.78 is 5.39. The maximum absolute atomic E-state index is 12.8. The molecular weight excluding hydrogens is 560 g/mol. The van der Waals surface area contributed by atoms with Gasteiger partial charge in [-0.25, -0.2) is 9.59 Å².